The highest BCUT2D eigenvalue weighted by Gasteiger charge is 2.21. The summed E-state index contributed by atoms with van der Waals surface area (Å²) in [5, 5.41) is 8.98. The number of carbonyl (C=O) groups excluding carboxylic acids is 2. The lowest BCUT2D eigenvalue weighted by atomic mass is 10.1. The Morgan fingerprint density at radius 2 is 1.97 bits per heavy atom. The molecule has 0 atom stereocenters. The van der Waals surface area contributed by atoms with Gasteiger partial charge in [0.1, 0.15) is 11.4 Å². The highest BCUT2D eigenvalue weighted by Crippen LogP contribution is 2.33. The Bertz CT molecular complexity index is 1260. The highest BCUT2D eigenvalue weighted by molar-refractivity contribution is 6.44. The van der Waals surface area contributed by atoms with Crippen LogP contribution in [0.5, 0.6) is 5.75 Å². The van der Waals surface area contributed by atoms with Crippen molar-refractivity contribution in [3.8, 4) is 17.2 Å². The first-order valence-corrected chi connectivity index (χ1v) is 11.2. The summed E-state index contributed by atoms with van der Waals surface area (Å²) in [5.74, 6) is -1.12. The summed E-state index contributed by atoms with van der Waals surface area (Å²) < 4.78 is 15.9. The number of aromatic amines is 2. The molecule has 1 aromatic carbocycles. The van der Waals surface area contributed by atoms with E-state index in [-0.39, 0.29) is 33.1 Å². The molecule has 0 spiro atoms. The van der Waals surface area contributed by atoms with Crippen molar-refractivity contribution in [1.82, 2.24) is 20.1 Å². The van der Waals surface area contributed by atoms with Crippen LogP contribution in [-0.2, 0) is 4.74 Å². The Labute approximate surface area is 203 Å². The van der Waals surface area contributed by atoms with Crippen LogP contribution < -0.4 is 15.8 Å². The van der Waals surface area contributed by atoms with E-state index in [4.69, 9.17) is 37.1 Å². The number of rotatable bonds is 6. The van der Waals surface area contributed by atoms with E-state index in [0.29, 0.717) is 24.3 Å². The predicted molar refractivity (Wildman–Crippen MR) is 123 cm³/mol. The van der Waals surface area contributed by atoms with Gasteiger partial charge in [-0.1, -0.05) is 23.2 Å². The molecule has 13 heteroatoms. The van der Waals surface area contributed by atoms with Gasteiger partial charge in [0.2, 0.25) is 12.7 Å². The van der Waals surface area contributed by atoms with Crippen LogP contribution >= 0.6 is 23.2 Å². The maximum absolute atomic E-state index is 12.8. The topological polar surface area (TPSA) is 143 Å². The number of ether oxygens (including phenoxy) is 2. The maximum Gasteiger partial charge on any atom is 0.434 e. The first-order valence-electron chi connectivity index (χ1n) is 10.4. The second-order valence-corrected chi connectivity index (χ2v) is 8.31. The standard InChI is InChI=1S/C21H21Cl2N5O6/c1-11-15(22)16(23)17(24-11)18(29)25-13-6-5-12(19-26-27-20(30)34-19)9-14(13)32-10-33-21(31)28-7-3-2-4-8-28/h5-6,9,24H,2-4,7-8,10H2,1H3,(H,25,29)(H,27,30). The Hall–Kier alpha value is -3.44. The first-order chi connectivity index (χ1) is 16.3. The minimum Gasteiger partial charge on any atom is -0.455 e. The lowest BCUT2D eigenvalue weighted by Crippen LogP contribution is -2.36. The second kappa shape index (κ2) is 10.2. The molecule has 4 rings (SSSR count). The number of amides is 2. The molecular formula is C21H21Cl2N5O6. The number of hydrogen-bond acceptors (Lipinski definition) is 7. The van der Waals surface area contributed by atoms with Gasteiger partial charge in [-0.2, -0.15) is 0 Å². The quantitative estimate of drug-likeness (QED) is 0.422. The maximum atomic E-state index is 12.8. The normalized spacial score (nSPS) is 13.6. The summed E-state index contributed by atoms with van der Waals surface area (Å²) in [7, 11) is 0. The molecule has 3 N–H and O–H groups in total. The third kappa shape index (κ3) is 5.20. The van der Waals surface area contributed by atoms with Crippen molar-refractivity contribution in [1.29, 1.82) is 0 Å². The van der Waals surface area contributed by atoms with Gasteiger partial charge in [0.05, 0.1) is 15.7 Å². The average Bonchev–Trinajstić information content (AvgIpc) is 3.39. The van der Waals surface area contributed by atoms with Crippen LogP contribution in [0.15, 0.2) is 27.4 Å². The molecule has 34 heavy (non-hydrogen) atoms. The zero-order chi connectivity index (χ0) is 24.2. The SMILES string of the molecule is Cc1[nH]c(C(=O)Nc2ccc(-c3n[nH]c(=O)o3)cc2OCOC(=O)N2CCCCC2)c(Cl)c1Cl. The van der Waals surface area contributed by atoms with Gasteiger partial charge in [0, 0.05) is 24.3 Å². The molecule has 2 aromatic heterocycles. The van der Waals surface area contributed by atoms with E-state index >= 15 is 0 Å². The summed E-state index contributed by atoms with van der Waals surface area (Å²) in [6, 6.07) is 4.57. The fourth-order valence-corrected chi connectivity index (χ4v) is 3.87. The van der Waals surface area contributed by atoms with Gasteiger partial charge in [-0.25, -0.2) is 14.7 Å². The van der Waals surface area contributed by atoms with Crippen molar-refractivity contribution in [3.05, 3.63) is 50.2 Å². The van der Waals surface area contributed by atoms with Crippen LogP contribution in [-0.4, -0.2) is 52.0 Å². The lowest BCUT2D eigenvalue weighted by Gasteiger charge is -2.25. The lowest BCUT2D eigenvalue weighted by molar-refractivity contribution is 0.0319. The van der Waals surface area contributed by atoms with Gasteiger partial charge in [0.15, 0.2) is 0 Å². The molecule has 3 aromatic rings. The van der Waals surface area contributed by atoms with Crippen molar-refractivity contribution in [3.63, 3.8) is 0 Å². The smallest absolute Gasteiger partial charge is 0.434 e. The molecule has 0 radical (unpaired) electrons. The van der Waals surface area contributed by atoms with Crippen molar-refractivity contribution >= 4 is 40.9 Å². The third-order valence-electron chi connectivity index (χ3n) is 5.21. The number of hydrogen-bond donors (Lipinski definition) is 3. The summed E-state index contributed by atoms with van der Waals surface area (Å²) in [6.45, 7) is 2.54. The van der Waals surface area contributed by atoms with Crippen LogP contribution in [0.3, 0.4) is 0 Å². The van der Waals surface area contributed by atoms with E-state index in [1.54, 1.807) is 17.9 Å². The first kappa shape index (κ1) is 23.7. The molecular weight excluding hydrogens is 489 g/mol. The zero-order valence-corrected chi connectivity index (χ0v) is 19.6. The Balaban J connectivity index is 1.53. The molecule has 1 aliphatic heterocycles. The minimum atomic E-state index is -0.723. The zero-order valence-electron chi connectivity index (χ0n) is 18.1. The van der Waals surface area contributed by atoms with E-state index in [0.717, 1.165) is 19.3 Å². The Kier molecular flexibility index (Phi) is 7.13. The van der Waals surface area contributed by atoms with Gasteiger partial charge in [0.25, 0.3) is 5.91 Å². The van der Waals surface area contributed by atoms with Gasteiger partial charge in [-0.05, 0) is 44.4 Å². The predicted octanol–water partition coefficient (Wildman–Crippen LogP) is 4.18. The number of nitrogens with one attached hydrogen (secondary N) is 3. The Morgan fingerprint density at radius 3 is 2.62 bits per heavy atom. The molecule has 0 aliphatic carbocycles. The van der Waals surface area contributed by atoms with Gasteiger partial charge in [-0.15, -0.1) is 5.10 Å². The number of anilines is 1. The molecule has 1 fully saturated rings. The molecule has 1 aliphatic rings. The number of nitrogens with zero attached hydrogens (tertiary/aromatic N) is 2. The number of aromatic nitrogens is 3. The molecule has 0 bridgehead atoms. The summed E-state index contributed by atoms with van der Waals surface area (Å²) in [6.07, 6.45) is 2.44. The van der Waals surface area contributed by atoms with Crippen LogP contribution in [0.1, 0.15) is 35.4 Å². The fraction of sp³-hybridized carbons (Fsp3) is 0.333. The Morgan fingerprint density at radius 1 is 1.21 bits per heavy atom. The average molecular weight is 510 g/mol. The van der Waals surface area contributed by atoms with Gasteiger partial charge in [-0.3, -0.25) is 4.79 Å². The molecule has 1 saturated heterocycles. The van der Waals surface area contributed by atoms with E-state index in [9.17, 15) is 14.4 Å². The molecule has 0 unspecified atom stereocenters. The molecule has 180 valence electrons. The van der Waals surface area contributed by atoms with Gasteiger partial charge < -0.3 is 29.1 Å². The van der Waals surface area contributed by atoms with Crippen molar-refractivity contribution < 1.29 is 23.5 Å². The van der Waals surface area contributed by atoms with E-state index in [2.05, 4.69) is 20.5 Å². The minimum absolute atomic E-state index is 0.0212. The van der Waals surface area contributed by atoms with Crippen molar-refractivity contribution in [2.75, 3.05) is 25.2 Å². The molecule has 11 nitrogen and oxygen atoms in total. The second-order valence-electron chi connectivity index (χ2n) is 7.56. The van der Waals surface area contributed by atoms with E-state index in [1.807, 2.05) is 0 Å². The monoisotopic (exact) mass is 509 g/mol. The van der Waals surface area contributed by atoms with Crippen molar-refractivity contribution in [2.45, 2.75) is 26.2 Å². The largest absolute Gasteiger partial charge is 0.455 e. The van der Waals surface area contributed by atoms with Crippen LogP contribution in [0.25, 0.3) is 11.5 Å². The van der Waals surface area contributed by atoms with E-state index < -0.39 is 24.5 Å². The number of likely N-dealkylation sites (tertiary alicyclic amines) is 1. The summed E-state index contributed by atoms with van der Waals surface area (Å²) in [4.78, 5) is 40.8. The highest BCUT2D eigenvalue weighted by atomic mass is 35.5. The van der Waals surface area contributed by atoms with Crippen molar-refractivity contribution in [2.24, 2.45) is 0 Å². The third-order valence-corrected chi connectivity index (χ3v) is 6.15. The molecule has 2 amide bonds. The van der Waals surface area contributed by atoms with Crippen LogP contribution in [0, 0.1) is 6.92 Å². The summed E-state index contributed by atoms with van der Waals surface area (Å²) >= 11 is 12.2. The number of benzene rings is 1. The fourth-order valence-electron chi connectivity index (χ4n) is 3.46. The number of aryl methyl sites for hydroxylation is 1. The molecule has 3 heterocycles. The number of H-pyrrole nitrogens is 2. The summed E-state index contributed by atoms with van der Waals surface area (Å²) in [5.41, 5.74) is 1.27. The van der Waals surface area contributed by atoms with Gasteiger partial charge >= 0.3 is 11.8 Å². The van der Waals surface area contributed by atoms with E-state index in [1.165, 1.54) is 12.1 Å². The van der Waals surface area contributed by atoms with Crippen LogP contribution in [0.2, 0.25) is 10.0 Å². The number of carbonyl (C=O) groups is 2. The van der Waals surface area contributed by atoms with Crippen LogP contribution in [0.4, 0.5) is 10.5 Å². The number of piperidine rings is 1. The molecule has 0 saturated carbocycles. The number of halogens is 2.